The average Bonchev–Trinajstić information content (AvgIpc) is 2.91. The van der Waals surface area contributed by atoms with Crippen molar-refractivity contribution in [1.82, 2.24) is 9.97 Å². The van der Waals surface area contributed by atoms with Gasteiger partial charge in [-0.1, -0.05) is 24.3 Å². The fourth-order valence-corrected chi connectivity index (χ4v) is 2.91. The van der Waals surface area contributed by atoms with E-state index in [-0.39, 0.29) is 23.9 Å². The van der Waals surface area contributed by atoms with Gasteiger partial charge in [0.1, 0.15) is 11.5 Å². The van der Waals surface area contributed by atoms with Crippen molar-refractivity contribution in [2.75, 3.05) is 4.31 Å². The second-order valence-electron chi connectivity index (χ2n) is 5.23. The van der Waals surface area contributed by atoms with Crippen LogP contribution < -0.4 is 9.99 Å². The predicted molar refractivity (Wildman–Crippen MR) is 91.9 cm³/mol. The van der Waals surface area contributed by atoms with Crippen LogP contribution in [-0.2, 0) is 17.8 Å². The number of nitrogens with zero attached hydrogens (tertiary/aromatic N) is 1. The SMILES string of the molecule is O=c1[nH]c(O)c(CN(c2ccc(-c3ccc(F)cc3)cc2)S(=O)O)[nH]1. The van der Waals surface area contributed by atoms with Crippen molar-refractivity contribution >= 4 is 17.0 Å². The number of aromatic nitrogens is 2. The number of hydrogen-bond acceptors (Lipinski definition) is 3. The Kier molecular flexibility index (Phi) is 4.68. The molecular weight excluding hydrogens is 349 g/mol. The second kappa shape index (κ2) is 6.91. The number of imidazole rings is 1. The number of halogens is 1. The third kappa shape index (κ3) is 3.78. The molecule has 3 rings (SSSR count). The molecule has 0 bridgehead atoms. The van der Waals surface area contributed by atoms with Crippen LogP contribution in [0.3, 0.4) is 0 Å². The van der Waals surface area contributed by atoms with Crippen molar-refractivity contribution in [3.05, 3.63) is 70.5 Å². The molecule has 25 heavy (non-hydrogen) atoms. The van der Waals surface area contributed by atoms with Crippen molar-refractivity contribution in [2.45, 2.75) is 6.54 Å². The molecule has 1 aromatic heterocycles. The zero-order chi connectivity index (χ0) is 18.0. The number of aromatic amines is 2. The molecule has 9 heteroatoms. The summed E-state index contributed by atoms with van der Waals surface area (Å²) in [6.45, 7) is -0.177. The molecule has 2 aromatic carbocycles. The number of rotatable bonds is 5. The largest absolute Gasteiger partial charge is 0.493 e. The summed E-state index contributed by atoms with van der Waals surface area (Å²) in [5.41, 5.74) is 1.51. The minimum Gasteiger partial charge on any atom is -0.493 e. The minimum absolute atomic E-state index is 0.0926. The van der Waals surface area contributed by atoms with Crippen LogP contribution in [0, 0.1) is 5.82 Å². The minimum atomic E-state index is -2.37. The maximum absolute atomic E-state index is 13.0. The molecule has 7 nitrogen and oxygen atoms in total. The third-order valence-corrected chi connectivity index (χ3v) is 4.32. The van der Waals surface area contributed by atoms with Gasteiger partial charge in [0.25, 0.3) is 11.3 Å². The molecule has 0 radical (unpaired) electrons. The van der Waals surface area contributed by atoms with E-state index in [1.54, 1.807) is 36.4 Å². The van der Waals surface area contributed by atoms with Crippen LogP contribution in [0.5, 0.6) is 5.88 Å². The molecule has 4 N–H and O–H groups in total. The molecule has 0 saturated carbocycles. The van der Waals surface area contributed by atoms with Crippen molar-refractivity contribution < 1.29 is 18.3 Å². The normalized spacial score (nSPS) is 12.1. The van der Waals surface area contributed by atoms with Crippen molar-refractivity contribution in [3.8, 4) is 17.0 Å². The summed E-state index contributed by atoms with van der Waals surface area (Å²) in [7, 11) is 0. The Balaban J connectivity index is 1.87. The van der Waals surface area contributed by atoms with Crippen LogP contribution in [0.15, 0.2) is 53.3 Å². The number of benzene rings is 2. The fraction of sp³-hybridized carbons (Fsp3) is 0.0625. The van der Waals surface area contributed by atoms with Gasteiger partial charge in [0, 0.05) is 0 Å². The van der Waals surface area contributed by atoms with Gasteiger partial charge < -0.3 is 10.1 Å². The summed E-state index contributed by atoms with van der Waals surface area (Å²) >= 11 is -2.37. The van der Waals surface area contributed by atoms with E-state index in [2.05, 4.69) is 9.97 Å². The van der Waals surface area contributed by atoms with E-state index < -0.39 is 17.0 Å². The molecule has 0 aliphatic rings. The number of anilines is 1. The summed E-state index contributed by atoms with van der Waals surface area (Å²) in [5, 5.41) is 9.60. The number of aromatic hydroxyl groups is 1. The molecule has 0 amide bonds. The van der Waals surface area contributed by atoms with Crippen LogP contribution in [0.25, 0.3) is 11.1 Å². The van der Waals surface area contributed by atoms with Crippen LogP contribution in [0.4, 0.5) is 10.1 Å². The van der Waals surface area contributed by atoms with Crippen molar-refractivity contribution in [1.29, 1.82) is 0 Å². The zero-order valence-corrected chi connectivity index (χ0v) is 13.6. The van der Waals surface area contributed by atoms with Crippen LogP contribution in [0.1, 0.15) is 5.69 Å². The van der Waals surface area contributed by atoms with E-state index in [4.69, 9.17) is 0 Å². The van der Waals surface area contributed by atoms with Crippen molar-refractivity contribution in [2.24, 2.45) is 0 Å². The van der Waals surface area contributed by atoms with Crippen LogP contribution >= 0.6 is 0 Å². The summed E-state index contributed by atoms with van der Waals surface area (Å²) in [4.78, 5) is 15.7. The second-order valence-corrected chi connectivity index (χ2v) is 6.13. The number of nitrogens with one attached hydrogen (secondary N) is 2. The molecule has 0 spiro atoms. The molecule has 0 fully saturated rings. The number of hydrogen-bond donors (Lipinski definition) is 4. The highest BCUT2D eigenvalue weighted by Crippen LogP contribution is 2.25. The van der Waals surface area contributed by atoms with Gasteiger partial charge >= 0.3 is 5.69 Å². The quantitative estimate of drug-likeness (QED) is 0.522. The van der Waals surface area contributed by atoms with Gasteiger partial charge in [0.15, 0.2) is 0 Å². The topological polar surface area (TPSA) is 109 Å². The van der Waals surface area contributed by atoms with E-state index in [1.807, 2.05) is 0 Å². The van der Waals surface area contributed by atoms with Gasteiger partial charge in [0.05, 0.1) is 12.2 Å². The van der Waals surface area contributed by atoms with Crippen molar-refractivity contribution in [3.63, 3.8) is 0 Å². The lowest BCUT2D eigenvalue weighted by molar-refractivity contribution is 0.448. The van der Waals surface area contributed by atoms with E-state index in [1.165, 1.54) is 12.1 Å². The highest BCUT2D eigenvalue weighted by molar-refractivity contribution is 7.80. The summed E-state index contributed by atoms with van der Waals surface area (Å²) in [6, 6.07) is 12.7. The highest BCUT2D eigenvalue weighted by Gasteiger charge is 2.17. The Labute approximate surface area is 144 Å². The smallest absolute Gasteiger partial charge is 0.326 e. The highest BCUT2D eigenvalue weighted by atomic mass is 32.2. The Morgan fingerprint density at radius 3 is 2.04 bits per heavy atom. The number of H-pyrrole nitrogens is 2. The first kappa shape index (κ1) is 16.9. The molecule has 130 valence electrons. The van der Waals surface area contributed by atoms with Crippen LogP contribution in [0.2, 0.25) is 0 Å². The maximum Gasteiger partial charge on any atom is 0.326 e. The first-order chi connectivity index (χ1) is 11.9. The van der Waals surface area contributed by atoms with Gasteiger partial charge in [-0.2, -0.15) is 0 Å². The Hall–Kier alpha value is -2.91. The molecular formula is C16H14FN3O4S. The van der Waals surface area contributed by atoms with Gasteiger partial charge in [-0.25, -0.2) is 13.4 Å². The van der Waals surface area contributed by atoms with E-state index in [0.717, 1.165) is 15.4 Å². The van der Waals surface area contributed by atoms with Gasteiger partial charge in [0.2, 0.25) is 5.88 Å². The van der Waals surface area contributed by atoms with E-state index in [9.17, 15) is 23.1 Å². The van der Waals surface area contributed by atoms with E-state index in [0.29, 0.717) is 5.69 Å². The predicted octanol–water partition coefficient (Wildman–Crippen LogP) is 2.36. The monoisotopic (exact) mass is 363 g/mol. The Morgan fingerprint density at radius 2 is 1.56 bits per heavy atom. The first-order valence-electron chi connectivity index (χ1n) is 7.18. The summed E-state index contributed by atoms with van der Waals surface area (Å²) in [6.07, 6.45) is 0. The molecule has 0 aliphatic carbocycles. The van der Waals surface area contributed by atoms with Gasteiger partial charge in [-0.05, 0) is 35.4 Å². The van der Waals surface area contributed by atoms with Crippen LogP contribution in [-0.4, -0.2) is 23.8 Å². The summed E-state index contributed by atoms with van der Waals surface area (Å²) < 4.78 is 35.2. The Bertz CT molecular complexity index is 951. The zero-order valence-electron chi connectivity index (χ0n) is 12.8. The lowest BCUT2D eigenvalue weighted by Crippen LogP contribution is -2.25. The van der Waals surface area contributed by atoms with Gasteiger partial charge in [-0.3, -0.25) is 13.8 Å². The molecule has 0 aliphatic heterocycles. The first-order valence-corrected chi connectivity index (χ1v) is 8.25. The Morgan fingerprint density at radius 1 is 1.00 bits per heavy atom. The fourth-order valence-electron chi connectivity index (χ4n) is 2.37. The molecule has 1 unspecified atom stereocenters. The third-order valence-electron chi connectivity index (χ3n) is 3.61. The summed E-state index contributed by atoms with van der Waals surface area (Å²) in [5.74, 6) is -0.717. The molecule has 1 atom stereocenters. The molecule has 0 saturated heterocycles. The maximum atomic E-state index is 13.0. The lowest BCUT2D eigenvalue weighted by atomic mass is 10.1. The molecule has 3 aromatic rings. The standard InChI is InChI=1S/C16H14FN3O4S/c17-12-5-1-10(2-6-12)11-3-7-13(8-4-11)20(25(23)24)9-14-15(21)19-16(22)18-14/h1-8,21H,9H2,(H,23,24)(H2,18,19,22). The van der Waals surface area contributed by atoms with Gasteiger partial charge in [-0.15, -0.1) is 0 Å². The van der Waals surface area contributed by atoms with E-state index >= 15 is 0 Å². The molecule has 1 heterocycles. The lowest BCUT2D eigenvalue weighted by Gasteiger charge is -2.19. The average molecular weight is 363 g/mol.